The molecule has 3 rings (SSSR count). The molecule has 9 nitrogen and oxygen atoms in total. The number of hydrogen-bond acceptors (Lipinski definition) is 5. The Morgan fingerprint density at radius 3 is 2.57 bits per heavy atom. The Labute approximate surface area is 211 Å². The highest BCUT2D eigenvalue weighted by Gasteiger charge is 2.36. The second kappa shape index (κ2) is 11.8. The normalized spacial score (nSPS) is 17.9. The summed E-state index contributed by atoms with van der Waals surface area (Å²) in [6, 6.07) is 6.12. The smallest absolute Gasteiger partial charge is 0.364 e. The van der Waals surface area contributed by atoms with Crippen molar-refractivity contribution in [2.45, 2.75) is 58.0 Å². The third-order valence-electron chi connectivity index (χ3n) is 6.31. The van der Waals surface area contributed by atoms with Crippen LogP contribution in [-0.4, -0.2) is 53.6 Å². The van der Waals surface area contributed by atoms with E-state index in [0.29, 0.717) is 30.3 Å². The van der Waals surface area contributed by atoms with E-state index in [1.165, 1.54) is 4.57 Å². The summed E-state index contributed by atoms with van der Waals surface area (Å²) >= 11 is 0. The second-order valence-corrected chi connectivity index (χ2v) is 9.60. The number of nitrogens with two attached hydrogens (primary N) is 1. The van der Waals surface area contributed by atoms with Gasteiger partial charge in [-0.15, -0.1) is 13.2 Å². The average molecular weight is 525 g/mol. The molecule has 0 saturated carbocycles. The maximum atomic E-state index is 13.6. The lowest BCUT2D eigenvalue weighted by Gasteiger charge is -2.29. The quantitative estimate of drug-likeness (QED) is 0.416. The van der Waals surface area contributed by atoms with Crippen molar-refractivity contribution in [2.24, 2.45) is 17.6 Å². The van der Waals surface area contributed by atoms with Crippen LogP contribution >= 0.6 is 0 Å². The highest BCUT2D eigenvalue weighted by atomic mass is 19.4. The number of fused-ring (bicyclic) bond motifs is 1. The number of ether oxygens (including phenoxy) is 1. The average Bonchev–Trinajstić information content (AvgIpc) is 3.21. The molecule has 1 fully saturated rings. The Hall–Kier alpha value is -3.41. The van der Waals surface area contributed by atoms with Crippen LogP contribution in [0.5, 0.6) is 0 Å². The molecule has 0 radical (unpaired) electrons. The van der Waals surface area contributed by atoms with Crippen molar-refractivity contribution >= 4 is 34.4 Å². The fourth-order valence-electron chi connectivity index (χ4n) is 4.61. The largest absolute Gasteiger partial charge is 0.522 e. The van der Waals surface area contributed by atoms with Crippen molar-refractivity contribution in [2.75, 3.05) is 13.2 Å². The van der Waals surface area contributed by atoms with Gasteiger partial charge in [0.05, 0.1) is 6.04 Å². The summed E-state index contributed by atoms with van der Waals surface area (Å²) in [6.45, 7) is 2.88. The van der Waals surface area contributed by atoms with Gasteiger partial charge in [-0.1, -0.05) is 32.0 Å². The predicted octanol–water partition coefficient (Wildman–Crippen LogP) is 2.83. The second-order valence-electron chi connectivity index (χ2n) is 9.60. The molecule has 3 amide bonds. The van der Waals surface area contributed by atoms with Crippen molar-refractivity contribution in [1.82, 2.24) is 15.2 Å². The Morgan fingerprint density at radius 1 is 1.24 bits per heavy atom. The number of amides is 3. The van der Waals surface area contributed by atoms with Crippen molar-refractivity contribution in [3.8, 4) is 0 Å². The van der Waals surface area contributed by atoms with Gasteiger partial charge in [0.15, 0.2) is 5.78 Å². The monoisotopic (exact) mass is 524 g/mol. The fourth-order valence-corrected chi connectivity index (χ4v) is 4.61. The summed E-state index contributed by atoms with van der Waals surface area (Å²) in [4.78, 5) is 51.0. The van der Waals surface area contributed by atoms with E-state index in [0.717, 1.165) is 0 Å². The van der Waals surface area contributed by atoms with Crippen molar-refractivity contribution in [3.63, 3.8) is 0 Å². The van der Waals surface area contributed by atoms with E-state index in [1.54, 1.807) is 30.3 Å². The van der Waals surface area contributed by atoms with Gasteiger partial charge in [-0.05, 0) is 43.7 Å². The number of halogens is 3. The molecule has 2 aromatic rings. The van der Waals surface area contributed by atoms with E-state index < -0.39 is 48.6 Å². The number of alkyl halides is 3. The minimum Gasteiger partial charge on any atom is -0.364 e. The number of rotatable bonds is 11. The molecule has 1 aromatic carbocycles. The maximum Gasteiger partial charge on any atom is 0.522 e. The third-order valence-corrected chi connectivity index (χ3v) is 6.31. The predicted molar refractivity (Wildman–Crippen MR) is 128 cm³/mol. The molecule has 0 spiro atoms. The SMILES string of the molecule is CC(C)C[C@@H](C(=O)N[C@@H](C[C@@H]1CCCNC1=O)C(=O)COC(F)(F)F)n1c(C(N)=O)cc2ccccc21. The molecular weight excluding hydrogens is 493 g/mol. The first kappa shape index (κ1) is 28.2. The van der Waals surface area contributed by atoms with Gasteiger partial charge in [0.25, 0.3) is 5.91 Å². The number of nitrogens with zero attached hydrogens (tertiary/aromatic N) is 1. The van der Waals surface area contributed by atoms with Gasteiger partial charge < -0.3 is 20.9 Å². The van der Waals surface area contributed by atoms with E-state index in [9.17, 15) is 32.3 Å². The van der Waals surface area contributed by atoms with Crippen molar-refractivity contribution < 1.29 is 37.1 Å². The number of primary amides is 1. The van der Waals surface area contributed by atoms with Crippen molar-refractivity contribution in [3.05, 3.63) is 36.0 Å². The number of aromatic nitrogens is 1. The van der Waals surface area contributed by atoms with Gasteiger partial charge >= 0.3 is 6.36 Å². The van der Waals surface area contributed by atoms with E-state index in [-0.39, 0.29) is 30.4 Å². The van der Waals surface area contributed by atoms with E-state index >= 15 is 0 Å². The lowest BCUT2D eigenvalue weighted by molar-refractivity contribution is -0.321. The number of benzene rings is 1. The number of carbonyl (C=O) groups excluding carboxylic acids is 4. The molecule has 202 valence electrons. The van der Waals surface area contributed by atoms with Crippen LogP contribution in [0.3, 0.4) is 0 Å². The van der Waals surface area contributed by atoms with Crippen LogP contribution in [0.25, 0.3) is 10.9 Å². The molecule has 0 bridgehead atoms. The minimum absolute atomic E-state index is 0.0375. The number of carbonyl (C=O) groups is 4. The summed E-state index contributed by atoms with van der Waals surface area (Å²) < 4.78 is 43.0. The zero-order valence-corrected chi connectivity index (χ0v) is 20.6. The summed E-state index contributed by atoms with van der Waals surface area (Å²) in [7, 11) is 0. The van der Waals surface area contributed by atoms with Crippen LogP contribution in [0.4, 0.5) is 13.2 Å². The first-order chi connectivity index (χ1) is 17.4. The third kappa shape index (κ3) is 7.31. The van der Waals surface area contributed by atoms with E-state index in [4.69, 9.17) is 5.73 Å². The van der Waals surface area contributed by atoms with Gasteiger partial charge in [0.2, 0.25) is 11.8 Å². The molecule has 12 heteroatoms. The zero-order valence-electron chi connectivity index (χ0n) is 20.6. The van der Waals surface area contributed by atoms with Crippen LogP contribution in [0.15, 0.2) is 30.3 Å². The van der Waals surface area contributed by atoms with E-state index in [2.05, 4.69) is 15.4 Å². The number of Topliss-reactive ketones (excluding diaryl/α,β-unsaturated/α-hetero) is 1. The molecule has 0 unspecified atom stereocenters. The van der Waals surface area contributed by atoms with Gasteiger partial charge in [-0.3, -0.25) is 23.9 Å². The summed E-state index contributed by atoms with van der Waals surface area (Å²) in [5.74, 6) is -3.49. The molecule has 1 aliphatic rings. The molecular formula is C25H31F3N4O5. The number of ketones is 1. The van der Waals surface area contributed by atoms with Crippen molar-refractivity contribution in [1.29, 1.82) is 0 Å². The maximum absolute atomic E-state index is 13.6. The highest BCUT2D eigenvalue weighted by Crippen LogP contribution is 2.29. The van der Waals surface area contributed by atoms with Crippen LogP contribution in [0, 0.1) is 11.8 Å². The lowest BCUT2D eigenvalue weighted by Crippen LogP contribution is -2.49. The molecule has 1 aromatic heterocycles. The van der Waals surface area contributed by atoms with Crippen LogP contribution in [0.1, 0.15) is 56.1 Å². The summed E-state index contributed by atoms with van der Waals surface area (Å²) in [5, 5.41) is 5.89. The standard InChI is InChI=1S/C25H31F3N4O5/c1-14(2)10-20(32-18-8-4-3-6-15(18)12-19(32)22(29)34)24(36)31-17(21(33)13-37-25(26,27)28)11-16-7-5-9-30-23(16)35/h3-4,6,8,12,14,16-17,20H,5,7,9-11,13H2,1-2H3,(H2,29,34)(H,30,35)(H,31,36)/t16-,17-,20-/m0/s1. The van der Waals surface area contributed by atoms with Crippen LogP contribution in [0.2, 0.25) is 0 Å². The Kier molecular flexibility index (Phi) is 8.95. The van der Waals surface area contributed by atoms with Crippen LogP contribution in [-0.2, 0) is 19.1 Å². The van der Waals surface area contributed by atoms with Gasteiger partial charge in [-0.25, -0.2) is 0 Å². The molecule has 1 saturated heterocycles. The number of para-hydroxylation sites is 1. The Bertz CT molecular complexity index is 1160. The molecule has 3 atom stereocenters. The Balaban J connectivity index is 1.95. The number of hydrogen-bond donors (Lipinski definition) is 3. The highest BCUT2D eigenvalue weighted by molar-refractivity contribution is 6.00. The van der Waals surface area contributed by atoms with Crippen LogP contribution < -0.4 is 16.4 Å². The van der Waals surface area contributed by atoms with Gasteiger partial charge in [-0.2, -0.15) is 0 Å². The molecule has 4 N–H and O–H groups in total. The number of piperidine rings is 1. The molecule has 0 aliphatic carbocycles. The molecule has 37 heavy (non-hydrogen) atoms. The minimum atomic E-state index is -5.03. The molecule has 2 heterocycles. The summed E-state index contributed by atoms with van der Waals surface area (Å²) in [6.07, 6.45) is -3.91. The number of nitrogens with one attached hydrogen (secondary N) is 2. The topological polar surface area (TPSA) is 133 Å². The summed E-state index contributed by atoms with van der Waals surface area (Å²) in [5.41, 5.74) is 6.25. The van der Waals surface area contributed by atoms with Gasteiger partial charge in [0, 0.05) is 23.4 Å². The first-order valence-corrected chi connectivity index (χ1v) is 12.1. The Morgan fingerprint density at radius 2 is 1.95 bits per heavy atom. The molecule has 1 aliphatic heterocycles. The zero-order chi connectivity index (χ0) is 27.3. The van der Waals surface area contributed by atoms with E-state index in [1.807, 2.05) is 13.8 Å². The van der Waals surface area contributed by atoms with Gasteiger partial charge in [0.1, 0.15) is 18.3 Å². The fraction of sp³-hybridized carbons (Fsp3) is 0.520. The lowest BCUT2D eigenvalue weighted by atomic mass is 9.90. The first-order valence-electron chi connectivity index (χ1n) is 12.1.